The number of methoxy groups -OCH3 is 1. The van der Waals surface area contributed by atoms with E-state index in [0.717, 1.165) is 0 Å². The Morgan fingerprint density at radius 2 is 2.00 bits per heavy atom. The van der Waals surface area contributed by atoms with E-state index >= 15 is 0 Å². The predicted octanol–water partition coefficient (Wildman–Crippen LogP) is 0.401. The minimum atomic E-state index is -3.82. The van der Waals surface area contributed by atoms with Gasteiger partial charge in [0.2, 0.25) is 0 Å². The summed E-state index contributed by atoms with van der Waals surface area (Å²) in [6, 6.07) is 0. The van der Waals surface area contributed by atoms with Crippen LogP contribution in [-0.4, -0.2) is 27.0 Å². The molecular weight excluding hydrogens is 218 g/mol. The number of nitrogens with one attached hydrogen (secondary N) is 1. The number of hydrogen-bond donors (Lipinski definition) is 1. The van der Waals surface area contributed by atoms with Crippen LogP contribution in [0.1, 0.15) is 20.3 Å². The monoisotopic (exact) mass is 229 g/mol. The predicted molar refractivity (Wildman–Crippen MR) is 48.6 cm³/mol. The van der Waals surface area contributed by atoms with Crippen molar-refractivity contribution in [2.45, 2.75) is 25.8 Å². The van der Waals surface area contributed by atoms with Crippen LogP contribution in [0.5, 0.6) is 0 Å². The molecule has 0 radical (unpaired) electrons. The minimum Gasteiger partial charge on any atom is -0.469 e. The highest BCUT2D eigenvalue weighted by atomic mass is 35.7. The molecule has 0 aliphatic rings. The number of hydrogen-bond acceptors (Lipinski definition) is 4. The van der Waals surface area contributed by atoms with Crippen molar-refractivity contribution in [2.75, 3.05) is 7.11 Å². The first-order valence-electron chi connectivity index (χ1n) is 3.47. The van der Waals surface area contributed by atoms with E-state index < -0.39 is 20.7 Å². The Bertz CT molecular complexity index is 285. The quantitative estimate of drug-likeness (QED) is 0.560. The van der Waals surface area contributed by atoms with Gasteiger partial charge >= 0.3 is 5.97 Å². The Morgan fingerprint density at radius 1 is 1.54 bits per heavy atom. The molecule has 0 spiro atoms. The molecule has 0 unspecified atom stereocenters. The van der Waals surface area contributed by atoms with Crippen LogP contribution in [-0.2, 0) is 18.8 Å². The lowest BCUT2D eigenvalue weighted by atomic mass is 10.0. The Morgan fingerprint density at radius 3 is 2.31 bits per heavy atom. The van der Waals surface area contributed by atoms with E-state index in [0.29, 0.717) is 0 Å². The SMILES string of the molecule is COC(=O)CC(C)(C)NS(=O)(=O)Cl. The zero-order chi connectivity index (χ0) is 10.7. The average Bonchev–Trinajstić information content (AvgIpc) is 1.80. The largest absolute Gasteiger partial charge is 0.469 e. The molecule has 0 atom stereocenters. The molecule has 0 aliphatic heterocycles. The first kappa shape index (κ1) is 12.7. The molecule has 0 fully saturated rings. The van der Waals surface area contributed by atoms with E-state index in [1.165, 1.54) is 21.0 Å². The van der Waals surface area contributed by atoms with Crippen molar-refractivity contribution in [3.05, 3.63) is 0 Å². The lowest BCUT2D eigenvalue weighted by molar-refractivity contribution is -0.141. The number of rotatable bonds is 4. The van der Waals surface area contributed by atoms with Crippen molar-refractivity contribution in [3.8, 4) is 0 Å². The second kappa shape index (κ2) is 4.26. The smallest absolute Gasteiger partial charge is 0.307 e. The summed E-state index contributed by atoms with van der Waals surface area (Å²) in [5.74, 6) is -0.502. The molecule has 0 saturated heterocycles. The molecular formula is C6H12ClNO4S. The van der Waals surface area contributed by atoms with E-state index in [1.807, 2.05) is 0 Å². The van der Waals surface area contributed by atoms with Crippen molar-refractivity contribution in [1.82, 2.24) is 4.72 Å². The zero-order valence-electron chi connectivity index (χ0n) is 7.63. The van der Waals surface area contributed by atoms with Crippen molar-refractivity contribution >= 4 is 25.9 Å². The van der Waals surface area contributed by atoms with Crippen LogP contribution < -0.4 is 4.72 Å². The third-order valence-electron chi connectivity index (χ3n) is 1.21. The number of carbonyl (C=O) groups excluding carboxylic acids is 1. The van der Waals surface area contributed by atoms with Crippen LogP contribution in [0.3, 0.4) is 0 Å². The van der Waals surface area contributed by atoms with Gasteiger partial charge in [-0.15, -0.1) is 0 Å². The molecule has 13 heavy (non-hydrogen) atoms. The number of halogens is 1. The van der Waals surface area contributed by atoms with Gasteiger partial charge in [-0.25, -0.2) is 0 Å². The molecule has 0 aliphatic carbocycles. The van der Waals surface area contributed by atoms with Gasteiger partial charge in [0, 0.05) is 16.2 Å². The number of esters is 1. The third kappa shape index (κ3) is 6.80. The molecule has 7 heteroatoms. The lowest BCUT2D eigenvalue weighted by Crippen LogP contribution is -2.43. The van der Waals surface area contributed by atoms with E-state index in [1.54, 1.807) is 0 Å². The second-order valence-electron chi connectivity index (χ2n) is 3.18. The summed E-state index contributed by atoms with van der Waals surface area (Å²) < 4.78 is 27.7. The fourth-order valence-corrected chi connectivity index (χ4v) is 2.16. The van der Waals surface area contributed by atoms with Crippen molar-refractivity contribution in [1.29, 1.82) is 0 Å². The normalized spacial score (nSPS) is 12.6. The molecule has 0 aromatic rings. The van der Waals surface area contributed by atoms with E-state index in [2.05, 4.69) is 9.46 Å². The molecule has 0 amide bonds. The average molecular weight is 230 g/mol. The van der Waals surface area contributed by atoms with E-state index in [9.17, 15) is 13.2 Å². The molecule has 0 heterocycles. The van der Waals surface area contributed by atoms with Gasteiger partial charge in [-0.1, -0.05) is 0 Å². The molecule has 0 aromatic heterocycles. The first-order chi connectivity index (χ1) is 5.66. The van der Waals surface area contributed by atoms with Gasteiger partial charge in [0.15, 0.2) is 0 Å². The highest BCUT2D eigenvalue weighted by Gasteiger charge is 2.26. The molecule has 1 N–H and O–H groups in total. The standard InChI is InChI=1S/C6H12ClNO4S/c1-6(2,4-5(9)12-3)8-13(7,10)11/h8H,4H2,1-3H3. The van der Waals surface area contributed by atoms with E-state index in [-0.39, 0.29) is 6.42 Å². The number of carbonyl (C=O) groups is 1. The third-order valence-corrected chi connectivity index (χ3v) is 2.24. The van der Waals surface area contributed by atoms with Crippen LogP contribution in [0, 0.1) is 0 Å². The fourth-order valence-electron chi connectivity index (χ4n) is 0.799. The van der Waals surface area contributed by atoms with Crippen LogP contribution in [0.15, 0.2) is 0 Å². The maximum absolute atomic E-state index is 10.8. The molecule has 78 valence electrons. The Kier molecular flexibility index (Phi) is 4.15. The van der Waals surface area contributed by atoms with Crippen LogP contribution in [0.2, 0.25) is 0 Å². The Balaban J connectivity index is 4.33. The summed E-state index contributed by atoms with van der Waals surface area (Å²) in [4.78, 5) is 10.8. The first-order valence-corrected chi connectivity index (χ1v) is 5.77. The van der Waals surface area contributed by atoms with Crippen molar-refractivity contribution in [3.63, 3.8) is 0 Å². The molecule has 0 saturated carbocycles. The van der Waals surface area contributed by atoms with Gasteiger partial charge in [-0.05, 0) is 13.8 Å². The van der Waals surface area contributed by atoms with Crippen LogP contribution in [0.4, 0.5) is 0 Å². The molecule has 0 bridgehead atoms. The van der Waals surface area contributed by atoms with Gasteiger partial charge in [-0.3, -0.25) is 4.79 Å². The van der Waals surface area contributed by atoms with Crippen LogP contribution in [0.25, 0.3) is 0 Å². The van der Waals surface area contributed by atoms with Crippen LogP contribution >= 0.6 is 10.7 Å². The molecule has 5 nitrogen and oxygen atoms in total. The minimum absolute atomic E-state index is 0.0740. The Labute approximate surface area is 82.0 Å². The van der Waals surface area contributed by atoms with E-state index in [4.69, 9.17) is 10.7 Å². The second-order valence-corrected chi connectivity index (χ2v) is 5.48. The van der Waals surface area contributed by atoms with Crippen molar-refractivity contribution in [2.24, 2.45) is 0 Å². The molecule has 0 aromatic carbocycles. The lowest BCUT2D eigenvalue weighted by Gasteiger charge is -2.22. The van der Waals surface area contributed by atoms with Gasteiger partial charge in [0.05, 0.1) is 13.5 Å². The zero-order valence-corrected chi connectivity index (χ0v) is 9.20. The van der Waals surface area contributed by atoms with Gasteiger partial charge in [0.25, 0.3) is 9.24 Å². The highest BCUT2D eigenvalue weighted by Crippen LogP contribution is 2.12. The summed E-state index contributed by atoms with van der Waals surface area (Å²) in [6.45, 7) is 3.06. The maximum atomic E-state index is 10.8. The summed E-state index contributed by atoms with van der Waals surface area (Å²) in [7, 11) is 2.36. The van der Waals surface area contributed by atoms with Gasteiger partial charge in [-0.2, -0.15) is 13.1 Å². The highest BCUT2D eigenvalue weighted by molar-refractivity contribution is 8.12. The van der Waals surface area contributed by atoms with Gasteiger partial charge in [0.1, 0.15) is 0 Å². The fraction of sp³-hybridized carbons (Fsp3) is 0.833. The number of ether oxygens (including phenoxy) is 1. The molecule has 0 rings (SSSR count). The summed E-state index contributed by atoms with van der Waals surface area (Å²) in [5, 5.41) is 0. The summed E-state index contributed by atoms with van der Waals surface area (Å²) in [6.07, 6.45) is -0.0740. The Hall–Kier alpha value is -0.330. The van der Waals surface area contributed by atoms with Gasteiger partial charge < -0.3 is 4.74 Å². The maximum Gasteiger partial charge on any atom is 0.307 e. The summed E-state index contributed by atoms with van der Waals surface area (Å²) in [5.41, 5.74) is -0.937. The van der Waals surface area contributed by atoms with Crippen molar-refractivity contribution < 1.29 is 17.9 Å². The summed E-state index contributed by atoms with van der Waals surface area (Å²) >= 11 is 0. The topological polar surface area (TPSA) is 72.5 Å².